The van der Waals surface area contributed by atoms with Crippen molar-refractivity contribution in [2.24, 2.45) is 0 Å². The number of carbonyl (C=O) groups excluding carboxylic acids is 1. The first-order chi connectivity index (χ1) is 9.02. The van der Waals surface area contributed by atoms with Gasteiger partial charge in [0.2, 0.25) is 5.91 Å². The van der Waals surface area contributed by atoms with Crippen molar-refractivity contribution in [2.45, 2.75) is 19.3 Å². The molecule has 0 aliphatic carbocycles. The molecule has 1 aliphatic heterocycles. The summed E-state index contributed by atoms with van der Waals surface area (Å²) < 4.78 is 12.9. The fraction of sp³-hybridized carbons (Fsp3) is 0.286. The third-order valence-corrected chi connectivity index (χ3v) is 3.23. The SMILES string of the molecule is CCN1C=C(C(=O)O)C(c2ccc(F)cc2)CC1=O. The Hall–Kier alpha value is -2.17. The zero-order valence-electron chi connectivity index (χ0n) is 10.5. The summed E-state index contributed by atoms with van der Waals surface area (Å²) in [6, 6.07) is 5.58. The number of nitrogens with zero attached hydrogens (tertiary/aromatic N) is 1. The monoisotopic (exact) mass is 263 g/mol. The molecular formula is C14H14FNO3. The van der Waals surface area contributed by atoms with E-state index in [1.807, 2.05) is 0 Å². The number of amides is 1. The van der Waals surface area contributed by atoms with E-state index in [-0.39, 0.29) is 23.7 Å². The summed E-state index contributed by atoms with van der Waals surface area (Å²) in [5.74, 6) is -2.09. The Bertz CT molecular complexity index is 536. The molecule has 0 saturated carbocycles. The van der Waals surface area contributed by atoms with E-state index in [1.165, 1.54) is 35.4 Å². The fourth-order valence-electron chi connectivity index (χ4n) is 2.20. The third-order valence-electron chi connectivity index (χ3n) is 3.23. The van der Waals surface area contributed by atoms with Crippen molar-refractivity contribution in [1.82, 2.24) is 4.90 Å². The summed E-state index contributed by atoms with van der Waals surface area (Å²) in [4.78, 5) is 24.5. The highest BCUT2D eigenvalue weighted by atomic mass is 19.1. The van der Waals surface area contributed by atoms with Crippen molar-refractivity contribution >= 4 is 11.9 Å². The topological polar surface area (TPSA) is 57.6 Å². The molecule has 1 aromatic rings. The molecule has 0 radical (unpaired) electrons. The Balaban J connectivity index is 2.41. The molecule has 1 atom stereocenters. The highest BCUT2D eigenvalue weighted by Crippen LogP contribution is 2.32. The molecule has 2 rings (SSSR count). The van der Waals surface area contributed by atoms with Crippen molar-refractivity contribution < 1.29 is 19.1 Å². The lowest BCUT2D eigenvalue weighted by Gasteiger charge is -2.28. The molecule has 1 heterocycles. The van der Waals surface area contributed by atoms with E-state index in [4.69, 9.17) is 0 Å². The Morgan fingerprint density at radius 1 is 1.42 bits per heavy atom. The molecule has 4 nitrogen and oxygen atoms in total. The number of halogens is 1. The minimum Gasteiger partial charge on any atom is -0.478 e. The first-order valence-electron chi connectivity index (χ1n) is 6.03. The average Bonchev–Trinajstić information content (AvgIpc) is 2.39. The van der Waals surface area contributed by atoms with Crippen LogP contribution in [0.4, 0.5) is 4.39 Å². The van der Waals surface area contributed by atoms with Gasteiger partial charge in [0.05, 0.1) is 5.57 Å². The van der Waals surface area contributed by atoms with Crippen molar-refractivity contribution in [3.63, 3.8) is 0 Å². The van der Waals surface area contributed by atoms with Gasteiger partial charge in [-0.1, -0.05) is 12.1 Å². The predicted octanol–water partition coefficient (Wildman–Crippen LogP) is 2.13. The molecule has 0 bridgehead atoms. The highest BCUT2D eigenvalue weighted by molar-refractivity contribution is 5.93. The van der Waals surface area contributed by atoms with Gasteiger partial charge in [-0.2, -0.15) is 0 Å². The Morgan fingerprint density at radius 2 is 2.05 bits per heavy atom. The molecular weight excluding hydrogens is 249 g/mol. The first-order valence-corrected chi connectivity index (χ1v) is 6.03. The first kappa shape index (κ1) is 13.3. The van der Waals surface area contributed by atoms with Crippen molar-refractivity contribution in [3.05, 3.63) is 47.4 Å². The quantitative estimate of drug-likeness (QED) is 0.908. The molecule has 19 heavy (non-hydrogen) atoms. The van der Waals surface area contributed by atoms with Gasteiger partial charge in [-0.05, 0) is 24.6 Å². The largest absolute Gasteiger partial charge is 0.478 e. The standard InChI is InChI=1S/C14H14FNO3/c1-2-16-8-12(14(18)19)11(7-13(16)17)9-3-5-10(15)6-4-9/h3-6,8,11H,2,7H2,1H3,(H,18,19). The highest BCUT2D eigenvalue weighted by Gasteiger charge is 2.31. The number of hydrogen-bond donors (Lipinski definition) is 1. The van der Waals surface area contributed by atoms with Gasteiger partial charge in [0.25, 0.3) is 0 Å². The molecule has 0 aromatic heterocycles. The van der Waals surface area contributed by atoms with E-state index in [0.29, 0.717) is 12.1 Å². The molecule has 1 unspecified atom stereocenters. The Labute approximate surface area is 110 Å². The van der Waals surface area contributed by atoms with Gasteiger partial charge in [-0.3, -0.25) is 4.79 Å². The molecule has 1 N–H and O–H groups in total. The van der Waals surface area contributed by atoms with Crippen LogP contribution in [-0.4, -0.2) is 28.4 Å². The molecule has 1 amide bonds. The van der Waals surface area contributed by atoms with Gasteiger partial charge in [0, 0.05) is 25.1 Å². The number of rotatable bonds is 3. The van der Waals surface area contributed by atoms with Crippen LogP contribution >= 0.6 is 0 Å². The van der Waals surface area contributed by atoms with Crippen LogP contribution < -0.4 is 0 Å². The zero-order valence-corrected chi connectivity index (χ0v) is 10.5. The predicted molar refractivity (Wildman–Crippen MR) is 66.9 cm³/mol. The summed E-state index contributed by atoms with van der Waals surface area (Å²) in [5.41, 5.74) is 0.798. The minimum absolute atomic E-state index is 0.0948. The van der Waals surface area contributed by atoms with Crippen LogP contribution in [-0.2, 0) is 9.59 Å². The van der Waals surface area contributed by atoms with E-state index >= 15 is 0 Å². The Kier molecular flexibility index (Phi) is 3.64. The summed E-state index contributed by atoms with van der Waals surface area (Å²) >= 11 is 0. The van der Waals surface area contributed by atoms with Gasteiger partial charge in [-0.25, -0.2) is 9.18 Å². The van der Waals surface area contributed by atoms with Crippen molar-refractivity contribution in [1.29, 1.82) is 0 Å². The van der Waals surface area contributed by atoms with E-state index in [2.05, 4.69) is 0 Å². The van der Waals surface area contributed by atoms with Crippen LogP contribution in [0.2, 0.25) is 0 Å². The molecule has 1 aliphatic rings. The van der Waals surface area contributed by atoms with Crippen LogP contribution in [0.15, 0.2) is 36.0 Å². The second kappa shape index (κ2) is 5.22. The number of carbonyl (C=O) groups is 2. The summed E-state index contributed by atoms with van der Waals surface area (Å²) in [7, 11) is 0. The molecule has 0 fully saturated rings. The zero-order chi connectivity index (χ0) is 14.0. The van der Waals surface area contributed by atoms with Gasteiger partial charge in [0.1, 0.15) is 5.82 Å². The van der Waals surface area contributed by atoms with Crippen LogP contribution in [0.5, 0.6) is 0 Å². The van der Waals surface area contributed by atoms with E-state index in [0.717, 1.165) is 0 Å². The molecule has 0 spiro atoms. The van der Waals surface area contributed by atoms with Crippen LogP contribution in [0.1, 0.15) is 24.8 Å². The lowest BCUT2D eigenvalue weighted by molar-refractivity contribution is -0.134. The molecule has 1 aromatic carbocycles. The van der Waals surface area contributed by atoms with Gasteiger partial charge < -0.3 is 10.0 Å². The van der Waals surface area contributed by atoms with Crippen LogP contribution in [0, 0.1) is 5.82 Å². The normalized spacial score (nSPS) is 19.3. The van der Waals surface area contributed by atoms with Gasteiger partial charge >= 0.3 is 5.97 Å². The van der Waals surface area contributed by atoms with E-state index < -0.39 is 11.9 Å². The number of carboxylic acids is 1. The smallest absolute Gasteiger partial charge is 0.333 e. The van der Waals surface area contributed by atoms with Crippen LogP contribution in [0.3, 0.4) is 0 Å². The van der Waals surface area contributed by atoms with E-state index in [9.17, 15) is 19.1 Å². The number of benzene rings is 1. The summed E-state index contributed by atoms with van der Waals surface area (Å²) in [6.07, 6.45) is 1.47. The van der Waals surface area contributed by atoms with Crippen molar-refractivity contribution in [2.75, 3.05) is 6.54 Å². The summed E-state index contributed by atoms with van der Waals surface area (Å²) in [5, 5.41) is 9.24. The molecule has 5 heteroatoms. The van der Waals surface area contributed by atoms with Crippen LogP contribution in [0.25, 0.3) is 0 Å². The number of carboxylic acid groups (broad SMARTS) is 1. The minimum atomic E-state index is -1.06. The maximum absolute atomic E-state index is 12.9. The fourth-order valence-corrected chi connectivity index (χ4v) is 2.20. The molecule has 0 saturated heterocycles. The molecule has 100 valence electrons. The third kappa shape index (κ3) is 2.65. The second-order valence-electron chi connectivity index (χ2n) is 4.38. The number of aliphatic carboxylic acids is 1. The second-order valence-corrected chi connectivity index (χ2v) is 4.38. The average molecular weight is 263 g/mol. The van der Waals surface area contributed by atoms with E-state index in [1.54, 1.807) is 6.92 Å². The Morgan fingerprint density at radius 3 is 2.58 bits per heavy atom. The maximum Gasteiger partial charge on any atom is 0.333 e. The van der Waals surface area contributed by atoms with Gasteiger partial charge in [-0.15, -0.1) is 0 Å². The van der Waals surface area contributed by atoms with Crippen molar-refractivity contribution in [3.8, 4) is 0 Å². The number of hydrogen-bond acceptors (Lipinski definition) is 2. The van der Waals surface area contributed by atoms with Gasteiger partial charge in [0.15, 0.2) is 0 Å². The lowest BCUT2D eigenvalue weighted by atomic mass is 9.86. The summed E-state index contributed by atoms with van der Waals surface area (Å²) in [6.45, 7) is 2.22. The maximum atomic E-state index is 12.9. The lowest BCUT2D eigenvalue weighted by Crippen LogP contribution is -2.34.